The first-order valence-corrected chi connectivity index (χ1v) is 6.53. The number of nitrogens with one attached hydrogen (secondary N) is 1. The number of aryl methyl sites for hydroxylation is 1. The highest BCUT2D eigenvalue weighted by molar-refractivity contribution is 5.64. The van der Waals surface area contributed by atoms with Gasteiger partial charge in [-0.2, -0.15) is 13.2 Å². The lowest BCUT2D eigenvalue weighted by atomic mass is 10.1. The fourth-order valence-electron chi connectivity index (χ4n) is 1.87. The molecule has 0 atom stereocenters. The van der Waals surface area contributed by atoms with Crippen LogP contribution in [-0.4, -0.2) is 21.5 Å². The third kappa shape index (κ3) is 3.68. The topological polar surface area (TPSA) is 50.7 Å². The zero-order chi connectivity index (χ0) is 15.5. The van der Waals surface area contributed by atoms with Gasteiger partial charge in [-0.3, -0.25) is 4.98 Å². The minimum absolute atomic E-state index is 0.0463. The van der Waals surface area contributed by atoms with Crippen molar-refractivity contribution in [2.24, 2.45) is 0 Å². The van der Waals surface area contributed by atoms with E-state index >= 15 is 0 Å². The van der Waals surface area contributed by atoms with E-state index in [9.17, 15) is 13.2 Å². The number of aromatic nitrogens is 3. The summed E-state index contributed by atoms with van der Waals surface area (Å²) in [5.41, 5.74) is 0.00389. The smallest absolute Gasteiger partial charge is 0.354 e. The Morgan fingerprint density at radius 3 is 2.67 bits per heavy atom. The summed E-state index contributed by atoms with van der Waals surface area (Å²) in [6.07, 6.45) is -1.29. The van der Waals surface area contributed by atoms with Crippen LogP contribution in [0.5, 0.6) is 0 Å². The van der Waals surface area contributed by atoms with Crippen molar-refractivity contribution in [1.29, 1.82) is 0 Å². The second-order valence-corrected chi connectivity index (χ2v) is 4.56. The van der Waals surface area contributed by atoms with E-state index in [0.29, 0.717) is 18.2 Å². The van der Waals surface area contributed by atoms with E-state index in [1.165, 1.54) is 12.3 Å². The van der Waals surface area contributed by atoms with Gasteiger partial charge >= 0.3 is 6.18 Å². The van der Waals surface area contributed by atoms with E-state index in [0.717, 1.165) is 18.7 Å². The summed E-state index contributed by atoms with van der Waals surface area (Å²) in [6, 6.07) is 2.47. The maximum atomic E-state index is 13.1. The van der Waals surface area contributed by atoms with Crippen LogP contribution in [0.1, 0.15) is 24.6 Å². The highest BCUT2D eigenvalue weighted by Crippen LogP contribution is 2.36. The summed E-state index contributed by atoms with van der Waals surface area (Å²) < 4.78 is 39.2. The van der Waals surface area contributed by atoms with Gasteiger partial charge < -0.3 is 5.32 Å². The van der Waals surface area contributed by atoms with Crippen LogP contribution in [0, 0.1) is 6.92 Å². The Kier molecular flexibility index (Phi) is 4.40. The standard InChI is InChI=1S/C14H15F3N4/c1-3-5-19-13-20-9(2)7-12(21-13)10-8-18-6-4-11(10)14(15,16)17/h4,6-8H,3,5H2,1-2H3,(H,19,20,21). The fraction of sp³-hybridized carbons (Fsp3) is 0.357. The van der Waals surface area contributed by atoms with Gasteiger partial charge in [0.25, 0.3) is 0 Å². The number of hydrogen-bond donors (Lipinski definition) is 1. The molecular weight excluding hydrogens is 281 g/mol. The normalized spacial score (nSPS) is 11.5. The fourth-order valence-corrected chi connectivity index (χ4v) is 1.87. The van der Waals surface area contributed by atoms with Crippen LogP contribution in [0.15, 0.2) is 24.5 Å². The lowest BCUT2D eigenvalue weighted by molar-refractivity contribution is -0.137. The summed E-state index contributed by atoms with van der Waals surface area (Å²) in [5, 5.41) is 2.98. The van der Waals surface area contributed by atoms with Crippen molar-refractivity contribution in [1.82, 2.24) is 15.0 Å². The molecule has 4 nitrogen and oxygen atoms in total. The van der Waals surface area contributed by atoms with Crippen LogP contribution < -0.4 is 5.32 Å². The lowest BCUT2D eigenvalue weighted by Gasteiger charge is -2.13. The molecule has 0 aliphatic rings. The third-order valence-corrected chi connectivity index (χ3v) is 2.79. The molecule has 0 aromatic carbocycles. The van der Waals surface area contributed by atoms with Gasteiger partial charge in [0.1, 0.15) is 0 Å². The predicted octanol–water partition coefficient (Wildman–Crippen LogP) is 3.69. The number of pyridine rings is 1. The number of alkyl halides is 3. The average Bonchev–Trinajstić information content (AvgIpc) is 2.43. The Morgan fingerprint density at radius 2 is 2.00 bits per heavy atom. The highest BCUT2D eigenvalue weighted by Gasteiger charge is 2.34. The zero-order valence-corrected chi connectivity index (χ0v) is 11.7. The van der Waals surface area contributed by atoms with E-state index in [1.807, 2.05) is 6.92 Å². The number of rotatable bonds is 4. The third-order valence-electron chi connectivity index (χ3n) is 2.79. The van der Waals surface area contributed by atoms with Gasteiger partial charge in [-0.15, -0.1) is 0 Å². The molecule has 0 amide bonds. The number of anilines is 1. The molecule has 2 heterocycles. The van der Waals surface area contributed by atoms with Crippen molar-refractivity contribution >= 4 is 5.95 Å². The van der Waals surface area contributed by atoms with Crippen molar-refractivity contribution in [3.63, 3.8) is 0 Å². The Hall–Kier alpha value is -2.18. The molecule has 2 aromatic rings. The van der Waals surface area contributed by atoms with Crippen LogP contribution in [-0.2, 0) is 6.18 Å². The summed E-state index contributed by atoms with van der Waals surface area (Å²) >= 11 is 0. The van der Waals surface area contributed by atoms with Crippen LogP contribution in [0.2, 0.25) is 0 Å². The lowest BCUT2D eigenvalue weighted by Crippen LogP contribution is -2.10. The quantitative estimate of drug-likeness (QED) is 0.935. The van der Waals surface area contributed by atoms with E-state index in [2.05, 4.69) is 20.3 Å². The Morgan fingerprint density at radius 1 is 1.24 bits per heavy atom. The monoisotopic (exact) mass is 296 g/mol. The van der Waals surface area contributed by atoms with Crippen LogP contribution >= 0.6 is 0 Å². The van der Waals surface area contributed by atoms with Crippen molar-refractivity contribution < 1.29 is 13.2 Å². The average molecular weight is 296 g/mol. The first-order chi connectivity index (χ1) is 9.91. The van der Waals surface area contributed by atoms with Crippen LogP contribution in [0.25, 0.3) is 11.3 Å². The maximum Gasteiger partial charge on any atom is 0.417 e. The minimum atomic E-state index is -4.45. The highest BCUT2D eigenvalue weighted by atomic mass is 19.4. The van der Waals surface area contributed by atoms with Gasteiger partial charge in [-0.1, -0.05) is 6.92 Å². The number of hydrogen-bond acceptors (Lipinski definition) is 4. The molecule has 0 fully saturated rings. The molecule has 0 aliphatic carbocycles. The Labute approximate surface area is 120 Å². The molecule has 0 radical (unpaired) electrons. The largest absolute Gasteiger partial charge is 0.417 e. The molecule has 0 bridgehead atoms. The van der Waals surface area contributed by atoms with Crippen LogP contribution in [0.3, 0.4) is 0 Å². The Balaban J connectivity index is 2.49. The molecule has 2 rings (SSSR count). The van der Waals surface area contributed by atoms with Gasteiger partial charge in [-0.25, -0.2) is 9.97 Å². The first kappa shape index (κ1) is 15.2. The van der Waals surface area contributed by atoms with Crippen molar-refractivity contribution in [3.05, 3.63) is 35.8 Å². The molecular formula is C14H15F3N4. The van der Waals surface area contributed by atoms with Crippen molar-refractivity contribution in [2.75, 3.05) is 11.9 Å². The number of halogens is 3. The second kappa shape index (κ2) is 6.07. The van der Waals surface area contributed by atoms with Crippen molar-refractivity contribution in [2.45, 2.75) is 26.4 Å². The molecule has 7 heteroatoms. The van der Waals surface area contributed by atoms with Gasteiger partial charge in [0.15, 0.2) is 0 Å². The summed E-state index contributed by atoms with van der Waals surface area (Å²) in [4.78, 5) is 12.1. The van der Waals surface area contributed by atoms with Crippen LogP contribution in [0.4, 0.5) is 19.1 Å². The van der Waals surface area contributed by atoms with Gasteiger partial charge in [-0.05, 0) is 25.5 Å². The molecule has 21 heavy (non-hydrogen) atoms. The molecule has 0 aliphatic heterocycles. The predicted molar refractivity (Wildman–Crippen MR) is 73.8 cm³/mol. The van der Waals surface area contributed by atoms with E-state index in [-0.39, 0.29) is 11.3 Å². The first-order valence-electron chi connectivity index (χ1n) is 6.53. The zero-order valence-electron chi connectivity index (χ0n) is 11.7. The summed E-state index contributed by atoms with van der Waals surface area (Å²) in [6.45, 7) is 4.35. The molecule has 0 unspecified atom stereocenters. The van der Waals surface area contributed by atoms with E-state index in [1.54, 1.807) is 6.92 Å². The molecule has 1 N–H and O–H groups in total. The molecule has 0 saturated heterocycles. The molecule has 0 saturated carbocycles. The molecule has 2 aromatic heterocycles. The van der Waals surface area contributed by atoms with Crippen molar-refractivity contribution in [3.8, 4) is 11.3 Å². The summed E-state index contributed by atoms with van der Waals surface area (Å²) in [5.74, 6) is 0.323. The van der Waals surface area contributed by atoms with Gasteiger partial charge in [0, 0.05) is 30.2 Å². The summed E-state index contributed by atoms with van der Waals surface area (Å²) in [7, 11) is 0. The Bertz CT molecular complexity index is 626. The maximum absolute atomic E-state index is 13.1. The minimum Gasteiger partial charge on any atom is -0.354 e. The SMILES string of the molecule is CCCNc1nc(C)cc(-c2cnccc2C(F)(F)F)n1. The molecule has 112 valence electrons. The van der Waals surface area contributed by atoms with Gasteiger partial charge in [0.05, 0.1) is 11.3 Å². The van der Waals surface area contributed by atoms with E-state index in [4.69, 9.17) is 0 Å². The second-order valence-electron chi connectivity index (χ2n) is 4.56. The van der Waals surface area contributed by atoms with Gasteiger partial charge in [0.2, 0.25) is 5.95 Å². The number of nitrogens with zero attached hydrogens (tertiary/aromatic N) is 3. The molecule has 0 spiro atoms. The van der Waals surface area contributed by atoms with E-state index < -0.39 is 11.7 Å².